The molecule has 1 aromatic carbocycles. The first-order valence-electron chi connectivity index (χ1n) is 4.32. The van der Waals surface area contributed by atoms with E-state index >= 15 is 0 Å². The van der Waals surface area contributed by atoms with E-state index in [-0.39, 0.29) is 10.5 Å². The summed E-state index contributed by atoms with van der Waals surface area (Å²) in [6, 6.07) is 3.71. The van der Waals surface area contributed by atoms with Gasteiger partial charge < -0.3 is 4.98 Å². The molecule has 0 amide bonds. The Morgan fingerprint density at radius 2 is 1.87 bits per heavy atom. The molecule has 78 valence electrons. The average molecular weight is 226 g/mol. The maximum atomic E-state index is 13.4. The predicted molar refractivity (Wildman–Crippen MR) is 55.6 cm³/mol. The largest absolute Gasteiger partial charge is 0.335 e. The first kappa shape index (κ1) is 10.0. The molecule has 2 nitrogen and oxygen atoms in total. The van der Waals surface area contributed by atoms with Crippen molar-refractivity contribution < 1.29 is 8.78 Å². The van der Waals surface area contributed by atoms with Crippen molar-refractivity contribution in [2.45, 2.75) is 6.92 Å². The van der Waals surface area contributed by atoms with Crippen LogP contribution in [0, 0.1) is 23.3 Å². The number of aryl methyl sites for hydroxylation is 1. The Morgan fingerprint density at radius 1 is 1.27 bits per heavy atom. The van der Waals surface area contributed by atoms with Crippen LogP contribution < -0.4 is 0 Å². The van der Waals surface area contributed by atoms with Crippen molar-refractivity contribution in [2.24, 2.45) is 0 Å². The molecule has 2 aromatic rings. The van der Waals surface area contributed by atoms with E-state index in [1.54, 1.807) is 13.1 Å². The van der Waals surface area contributed by atoms with Gasteiger partial charge in [-0.1, -0.05) is 6.07 Å². The fourth-order valence-corrected chi connectivity index (χ4v) is 1.70. The highest BCUT2D eigenvalue weighted by Crippen LogP contribution is 2.18. The van der Waals surface area contributed by atoms with Crippen LogP contribution in [0.5, 0.6) is 0 Å². The molecule has 0 spiro atoms. The van der Waals surface area contributed by atoms with Crippen molar-refractivity contribution in [3.63, 3.8) is 0 Å². The van der Waals surface area contributed by atoms with Gasteiger partial charge in [0.25, 0.3) is 0 Å². The van der Waals surface area contributed by atoms with Crippen LogP contribution in [0.25, 0.3) is 5.69 Å². The Bertz CT molecular complexity index is 537. The van der Waals surface area contributed by atoms with Gasteiger partial charge in [-0.3, -0.25) is 4.57 Å². The number of imidazole rings is 1. The molecule has 0 radical (unpaired) electrons. The quantitative estimate of drug-likeness (QED) is 0.741. The van der Waals surface area contributed by atoms with Crippen LogP contribution in [0.15, 0.2) is 24.4 Å². The van der Waals surface area contributed by atoms with Crippen LogP contribution >= 0.6 is 12.2 Å². The Balaban J connectivity index is 2.74. The van der Waals surface area contributed by atoms with Crippen LogP contribution in [0.2, 0.25) is 0 Å². The number of nitrogens with one attached hydrogen (secondary N) is 1. The Hall–Kier alpha value is -1.49. The van der Waals surface area contributed by atoms with Crippen LogP contribution in [-0.2, 0) is 0 Å². The van der Waals surface area contributed by atoms with E-state index in [0.717, 1.165) is 5.69 Å². The van der Waals surface area contributed by atoms with E-state index in [0.29, 0.717) is 0 Å². The van der Waals surface area contributed by atoms with Crippen molar-refractivity contribution in [3.05, 3.63) is 46.5 Å². The SMILES string of the molecule is Cc1cn(-c2c(F)cccc2F)c(=S)[nH]1. The van der Waals surface area contributed by atoms with Crippen molar-refractivity contribution in [1.29, 1.82) is 0 Å². The Morgan fingerprint density at radius 3 is 2.33 bits per heavy atom. The maximum Gasteiger partial charge on any atom is 0.182 e. The number of benzene rings is 1. The molecule has 1 aromatic heterocycles. The standard InChI is InChI=1S/C10H8F2N2S/c1-6-5-14(10(15)13-6)9-7(11)3-2-4-8(9)12/h2-5H,1H3,(H,13,15). The number of hydrogen-bond donors (Lipinski definition) is 1. The summed E-state index contributed by atoms with van der Waals surface area (Å²) in [5.74, 6) is -1.27. The summed E-state index contributed by atoms with van der Waals surface area (Å²) in [5.41, 5.74) is 0.606. The lowest BCUT2D eigenvalue weighted by Gasteiger charge is -2.04. The number of hydrogen-bond acceptors (Lipinski definition) is 1. The highest BCUT2D eigenvalue weighted by molar-refractivity contribution is 7.71. The summed E-state index contributed by atoms with van der Waals surface area (Å²) in [5, 5.41) is 0. The average Bonchev–Trinajstić information content (AvgIpc) is 2.45. The molecule has 0 bridgehead atoms. The summed E-state index contributed by atoms with van der Waals surface area (Å²) in [4.78, 5) is 2.80. The summed E-state index contributed by atoms with van der Waals surface area (Å²) in [7, 11) is 0. The van der Waals surface area contributed by atoms with Gasteiger partial charge in [-0.15, -0.1) is 0 Å². The lowest BCUT2D eigenvalue weighted by molar-refractivity contribution is 0.568. The molecule has 0 atom stereocenters. The molecule has 0 fully saturated rings. The number of aromatic nitrogens is 2. The van der Waals surface area contributed by atoms with Crippen LogP contribution in [-0.4, -0.2) is 9.55 Å². The third kappa shape index (κ3) is 1.70. The molecule has 15 heavy (non-hydrogen) atoms. The summed E-state index contributed by atoms with van der Waals surface area (Å²) < 4.78 is 28.4. The fourth-order valence-electron chi connectivity index (χ4n) is 1.40. The van der Waals surface area contributed by atoms with Gasteiger partial charge in [0, 0.05) is 11.9 Å². The zero-order valence-electron chi connectivity index (χ0n) is 7.92. The summed E-state index contributed by atoms with van der Waals surface area (Å²) in [6.07, 6.45) is 1.56. The third-order valence-corrected chi connectivity index (χ3v) is 2.32. The van der Waals surface area contributed by atoms with Gasteiger partial charge in [0.15, 0.2) is 4.77 Å². The van der Waals surface area contributed by atoms with E-state index in [9.17, 15) is 8.78 Å². The van der Waals surface area contributed by atoms with Crippen molar-refractivity contribution >= 4 is 12.2 Å². The minimum absolute atomic E-state index is 0.146. The van der Waals surface area contributed by atoms with Crippen molar-refractivity contribution in [3.8, 4) is 5.69 Å². The van der Waals surface area contributed by atoms with E-state index in [1.165, 1.54) is 22.8 Å². The Kier molecular flexibility index (Phi) is 2.40. The molecule has 0 aliphatic rings. The lowest BCUT2D eigenvalue weighted by atomic mass is 10.3. The normalized spacial score (nSPS) is 10.6. The first-order chi connectivity index (χ1) is 7.09. The van der Waals surface area contributed by atoms with Crippen LogP contribution in [0.4, 0.5) is 8.78 Å². The number of aromatic amines is 1. The topological polar surface area (TPSA) is 20.7 Å². The van der Waals surface area contributed by atoms with Crippen molar-refractivity contribution in [2.75, 3.05) is 0 Å². The molecule has 0 unspecified atom stereocenters. The number of halogens is 2. The van der Waals surface area contributed by atoms with Gasteiger partial charge in [-0.2, -0.15) is 0 Å². The molecule has 2 rings (SSSR count). The molecular weight excluding hydrogens is 218 g/mol. The second-order valence-corrected chi connectivity index (χ2v) is 3.57. The fraction of sp³-hybridized carbons (Fsp3) is 0.100. The summed E-state index contributed by atoms with van der Waals surface area (Å²) >= 11 is 4.95. The molecule has 0 aliphatic heterocycles. The van der Waals surface area contributed by atoms with Crippen LogP contribution in [0.3, 0.4) is 0 Å². The first-order valence-corrected chi connectivity index (χ1v) is 4.73. The highest BCUT2D eigenvalue weighted by atomic mass is 32.1. The number of para-hydroxylation sites is 1. The zero-order chi connectivity index (χ0) is 11.0. The smallest absolute Gasteiger partial charge is 0.182 e. The molecule has 0 aliphatic carbocycles. The van der Waals surface area contributed by atoms with Gasteiger partial charge in [0.2, 0.25) is 0 Å². The monoisotopic (exact) mass is 226 g/mol. The number of rotatable bonds is 1. The second-order valence-electron chi connectivity index (χ2n) is 3.18. The van der Waals surface area contributed by atoms with Gasteiger partial charge in [0.1, 0.15) is 17.3 Å². The highest BCUT2D eigenvalue weighted by Gasteiger charge is 2.11. The predicted octanol–water partition coefficient (Wildman–Crippen LogP) is 3.12. The molecule has 5 heteroatoms. The van der Waals surface area contributed by atoms with Crippen molar-refractivity contribution in [1.82, 2.24) is 9.55 Å². The molecule has 1 N–H and O–H groups in total. The van der Waals surface area contributed by atoms with Crippen LogP contribution in [0.1, 0.15) is 5.69 Å². The van der Waals surface area contributed by atoms with E-state index < -0.39 is 11.6 Å². The molecule has 1 heterocycles. The Labute approximate surface area is 90.2 Å². The van der Waals surface area contributed by atoms with Gasteiger partial charge >= 0.3 is 0 Å². The van der Waals surface area contributed by atoms with Gasteiger partial charge in [0.05, 0.1) is 0 Å². The molecule has 0 saturated carbocycles. The minimum Gasteiger partial charge on any atom is -0.335 e. The lowest BCUT2D eigenvalue weighted by Crippen LogP contribution is -1.99. The molecular formula is C10H8F2N2S. The zero-order valence-corrected chi connectivity index (χ0v) is 8.74. The van der Waals surface area contributed by atoms with Gasteiger partial charge in [-0.25, -0.2) is 8.78 Å². The third-order valence-electron chi connectivity index (χ3n) is 2.02. The van der Waals surface area contributed by atoms with E-state index in [2.05, 4.69) is 4.98 Å². The van der Waals surface area contributed by atoms with E-state index in [4.69, 9.17) is 12.2 Å². The number of H-pyrrole nitrogens is 1. The second kappa shape index (κ2) is 3.58. The maximum absolute atomic E-state index is 13.4. The minimum atomic E-state index is -0.634. The number of nitrogens with zero attached hydrogens (tertiary/aromatic N) is 1. The van der Waals surface area contributed by atoms with E-state index in [1.807, 2.05) is 0 Å². The summed E-state index contributed by atoms with van der Waals surface area (Å²) in [6.45, 7) is 1.77. The molecule has 0 saturated heterocycles. The van der Waals surface area contributed by atoms with Gasteiger partial charge in [-0.05, 0) is 31.3 Å².